The predicted molar refractivity (Wildman–Crippen MR) is 90.4 cm³/mol. The Morgan fingerprint density at radius 2 is 2.21 bits per heavy atom. The van der Waals surface area contributed by atoms with Crippen LogP contribution in [0.2, 0.25) is 0 Å². The van der Waals surface area contributed by atoms with E-state index in [1.54, 1.807) is 6.33 Å². The molecule has 3 aliphatic rings. The van der Waals surface area contributed by atoms with Gasteiger partial charge in [-0.2, -0.15) is 9.85 Å². The summed E-state index contributed by atoms with van der Waals surface area (Å²) < 4.78 is 0.594. The van der Waals surface area contributed by atoms with Crippen LogP contribution in [0.3, 0.4) is 0 Å². The molecule has 1 N–H and O–H groups in total. The molecule has 1 spiro atoms. The standard InChI is InChI=1S/C18H19N6/c19-7-6-18(14-3-1-2-4-14)11-24(18)10-13(9-23-24)16-15-5-8-20-17(15)22-12-21-16/h5,8-10,12,14H,1-4,6,11H2,(H,20,21,22)/q+1. The molecule has 1 aliphatic carbocycles. The number of hydrogen-bond acceptors (Lipinski definition) is 4. The first-order valence-corrected chi connectivity index (χ1v) is 8.60. The van der Waals surface area contributed by atoms with Gasteiger partial charge in [-0.3, -0.25) is 0 Å². The first-order chi connectivity index (χ1) is 11.8. The second kappa shape index (κ2) is 4.74. The highest BCUT2D eigenvalue weighted by atomic mass is 15.8. The molecule has 120 valence electrons. The highest BCUT2D eigenvalue weighted by Crippen LogP contribution is 2.58. The minimum absolute atomic E-state index is 0.00616. The second-order valence-electron chi connectivity index (χ2n) is 7.20. The third kappa shape index (κ3) is 1.70. The van der Waals surface area contributed by atoms with Crippen LogP contribution in [0, 0.1) is 17.2 Å². The first-order valence-electron chi connectivity index (χ1n) is 8.60. The monoisotopic (exact) mass is 319 g/mol. The van der Waals surface area contributed by atoms with Gasteiger partial charge in [0.25, 0.3) is 0 Å². The van der Waals surface area contributed by atoms with E-state index in [2.05, 4.69) is 27.2 Å². The van der Waals surface area contributed by atoms with E-state index in [1.807, 2.05) is 18.5 Å². The molecule has 2 atom stereocenters. The maximum Gasteiger partial charge on any atom is 0.195 e. The fourth-order valence-corrected chi connectivity index (χ4v) is 4.78. The molecule has 24 heavy (non-hydrogen) atoms. The van der Waals surface area contributed by atoms with E-state index in [9.17, 15) is 5.26 Å². The van der Waals surface area contributed by atoms with Gasteiger partial charge in [-0.05, 0) is 18.9 Å². The summed E-state index contributed by atoms with van der Waals surface area (Å²) >= 11 is 0. The molecule has 2 aromatic rings. The molecule has 2 fully saturated rings. The van der Waals surface area contributed by atoms with Crippen LogP contribution >= 0.6 is 0 Å². The van der Waals surface area contributed by atoms with Crippen LogP contribution in [0.4, 0.5) is 0 Å². The van der Waals surface area contributed by atoms with Crippen molar-refractivity contribution in [1.29, 1.82) is 5.26 Å². The van der Waals surface area contributed by atoms with Gasteiger partial charge in [0.2, 0.25) is 0 Å². The molecular weight excluding hydrogens is 300 g/mol. The average molecular weight is 319 g/mol. The van der Waals surface area contributed by atoms with E-state index < -0.39 is 0 Å². The summed E-state index contributed by atoms with van der Waals surface area (Å²) in [6.07, 6.45) is 13.2. The van der Waals surface area contributed by atoms with Crippen molar-refractivity contribution in [2.75, 3.05) is 6.54 Å². The lowest BCUT2D eigenvalue weighted by molar-refractivity contribution is -0.783. The molecule has 0 amide bonds. The summed E-state index contributed by atoms with van der Waals surface area (Å²) in [5.41, 5.74) is 2.80. The lowest BCUT2D eigenvalue weighted by Crippen LogP contribution is -2.32. The number of aromatic amines is 1. The summed E-state index contributed by atoms with van der Waals surface area (Å²) in [4.78, 5) is 11.9. The van der Waals surface area contributed by atoms with Crippen LogP contribution in [0.25, 0.3) is 16.6 Å². The van der Waals surface area contributed by atoms with Crippen molar-refractivity contribution in [2.24, 2.45) is 11.0 Å². The summed E-state index contributed by atoms with van der Waals surface area (Å²) in [7, 11) is 0. The van der Waals surface area contributed by atoms with Crippen molar-refractivity contribution in [3.05, 3.63) is 30.5 Å². The van der Waals surface area contributed by atoms with Gasteiger partial charge in [0, 0.05) is 17.5 Å². The van der Waals surface area contributed by atoms with Crippen molar-refractivity contribution >= 4 is 22.8 Å². The van der Waals surface area contributed by atoms with Gasteiger partial charge in [0.15, 0.2) is 12.1 Å². The fraction of sp³-hybridized carbons (Fsp3) is 0.444. The average Bonchev–Trinajstić information content (AvgIpc) is 3.14. The fourth-order valence-electron chi connectivity index (χ4n) is 4.78. The van der Waals surface area contributed by atoms with E-state index in [0.717, 1.165) is 28.8 Å². The molecule has 2 aliphatic heterocycles. The molecule has 0 radical (unpaired) electrons. The number of aromatic nitrogens is 3. The SMILES string of the molecule is N#CCC1(C2CCCC2)C[N+]12C=C(c1ncnc3[nH]ccc13)C=N2. The summed E-state index contributed by atoms with van der Waals surface area (Å²) in [6, 6.07) is 4.43. The molecule has 6 heteroatoms. The Labute approximate surface area is 140 Å². The van der Waals surface area contributed by atoms with Crippen molar-refractivity contribution in [3.8, 4) is 6.07 Å². The van der Waals surface area contributed by atoms with Crippen molar-refractivity contribution in [3.63, 3.8) is 0 Å². The predicted octanol–water partition coefficient (Wildman–Crippen LogP) is 2.97. The Morgan fingerprint density at radius 1 is 1.33 bits per heavy atom. The Balaban J connectivity index is 1.55. The van der Waals surface area contributed by atoms with Gasteiger partial charge in [-0.25, -0.2) is 9.97 Å². The van der Waals surface area contributed by atoms with E-state index in [4.69, 9.17) is 5.10 Å². The number of fused-ring (bicyclic) bond motifs is 1. The van der Waals surface area contributed by atoms with Crippen molar-refractivity contribution in [1.82, 2.24) is 15.0 Å². The maximum atomic E-state index is 9.39. The van der Waals surface area contributed by atoms with Gasteiger partial charge in [0.1, 0.15) is 18.2 Å². The highest BCUT2D eigenvalue weighted by molar-refractivity contribution is 6.13. The zero-order valence-corrected chi connectivity index (χ0v) is 13.4. The Bertz CT molecular complexity index is 913. The molecule has 1 saturated heterocycles. The number of nitrogens with zero attached hydrogens (tertiary/aromatic N) is 5. The molecule has 1 saturated carbocycles. The van der Waals surface area contributed by atoms with Gasteiger partial charge < -0.3 is 4.98 Å². The largest absolute Gasteiger partial charge is 0.346 e. The number of nitrogens with one attached hydrogen (secondary N) is 1. The quantitative estimate of drug-likeness (QED) is 0.698. The summed E-state index contributed by atoms with van der Waals surface area (Å²) in [5, 5.41) is 15.2. The van der Waals surface area contributed by atoms with Gasteiger partial charge >= 0.3 is 0 Å². The van der Waals surface area contributed by atoms with Gasteiger partial charge in [0.05, 0.1) is 30.0 Å². The molecule has 0 bridgehead atoms. The third-order valence-electron chi connectivity index (χ3n) is 6.07. The molecule has 2 unspecified atom stereocenters. The van der Waals surface area contributed by atoms with Crippen LogP contribution in [0.1, 0.15) is 37.8 Å². The van der Waals surface area contributed by atoms with Crippen LogP contribution in [0.15, 0.2) is 29.9 Å². The second-order valence-corrected chi connectivity index (χ2v) is 7.20. The number of H-pyrrole nitrogens is 1. The van der Waals surface area contributed by atoms with E-state index in [-0.39, 0.29) is 5.54 Å². The molecule has 0 aromatic carbocycles. The van der Waals surface area contributed by atoms with Crippen molar-refractivity contribution in [2.45, 2.75) is 37.6 Å². The highest BCUT2D eigenvalue weighted by Gasteiger charge is 2.75. The third-order valence-corrected chi connectivity index (χ3v) is 6.07. The summed E-state index contributed by atoms with van der Waals surface area (Å²) in [6.45, 7) is 0.951. The minimum Gasteiger partial charge on any atom is -0.346 e. The van der Waals surface area contributed by atoms with Gasteiger partial charge in [-0.1, -0.05) is 17.9 Å². The minimum atomic E-state index is -0.00616. The number of nitriles is 1. The summed E-state index contributed by atoms with van der Waals surface area (Å²) in [5.74, 6) is 0.613. The molecule has 6 nitrogen and oxygen atoms in total. The zero-order valence-electron chi connectivity index (χ0n) is 13.4. The number of hydrogen-bond donors (Lipinski definition) is 1. The molecule has 2 aromatic heterocycles. The van der Waals surface area contributed by atoms with E-state index in [1.165, 1.54) is 25.7 Å². The Hall–Kier alpha value is -2.52. The van der Waals surface area contributed by atoms with E-state index >= 15 is 0 Å². The van der Waals surface area contributed by atoms with E-state index in [0.29, 0.717) is 16.9 Å². The molecular formula is C18H19N6+. The molecule has 5 rings (SSSR count). The zero-order chi connectivity index (χ0) is 16.2. The Kier molecular flexibility index (Phi) is 2.74. The normalized spacial score (nSPS) is 31.7. The topological polar surface area (TPSA) is 77.7 Å². The lowest BCUT2D eigenvalue weighted by Gasteiger charge is -2.19. The lowest BCUT2D eigenvalue weighted by atomic mass is 9.88. The van der Waals surface area contributed by atoms with Crippen LogP contribution in [0.5, 0.6) is 0 Å². The Morgan fingerprint density at radius 3 is 3.04 bits per heavy atom. The van der Waals surface area contributed by atoms with Crippen LogP contribution in [-0.4, -0.2) is 37.8 Å². The van der Waals surface area contributed by atoms with Crippen molar-refractivity contribution < 1.29 is 4.59 Å². The number of quaternary nitrogens is 1. The number of rotatable bonds is 3. The van der Waals surface area contributed by atoms with Gasteiger partial charge in [-0.15, -0.1) is 0 Å². The first kappa shape index (κ1) is 13.9. The number of allylic oxidation sites excluding steroid dienone is 1. The smallest absolute Gasteiger partial charge is 0.195 e. The van der Waals surface area contributed by atoms with Crippen LogP contribution in [-0.2, 0) is 0 Å². The molecule has 4 heterocycles. The maximum absolute atomic E-state index is 9.39. The van der Waals surface area contributed by atoms with Crippen LogP contribution < -0.4 is 0 Å².